The van der Waals surface area contributed by atoms with Crippen LogP contribution in [0.5, 0.6) is 0 Å². The third kappa shape index (κ3) is 4.92. The summed E-state index contributed by atoms with van der Waals surface area (Å²) in [5, 5.41) is 4.72. The van der Waals surface area contributed by atoms with E-state index in [0.717, 1.165) is 50.1 Å². The highest BCUT2D eigenvalue weighted by Crippen LogP contribution is 2.42. The van der Waals surface area contributed by atoms with Gasteiger partial charge in [-0.1, -0.05) is 133 Å². The van der Waals surface area contributed by atoms with Crippen molar-refractivity contribution in [2.45, 2.75) is 0 Å². The normalized spacial score (nSPS) is 11.3. The third-order valence-corrected chi connectivity index (χ3v) is 9.25. The quantitative estimate of drug-likeness (QED) is 0.185. The summed E-state index contributed by atoms with van der Waals surface area (Å²) in [6.45, 7) is 0. The molecule has 0 aliphatic heterocycles. The Hall–Kier alpha value is -6.38. The van der Waals surface area contributed by atoms with Crippen LogP contribution in [0.25, 0.3) is 66.1 Å². The van der Waals surface area contributed by atoms with Crippen molar-refractivity contribution < 1.29 is 4.42 Å². The molecule has 48 heavy (non-hydrogen) atoms. The molecular weight excluding hydrogens is 583 g/mol. The third-order valence-electron chi connectivity index (χ3n) is 9.25. The van der Waals surface area contributed by atoms with Gasteiger partial charge in [0.25, 0.3) is 0 Å². The lowest BCUT2D eigenvalue weighted by Gasteiger charge is -2.26. The lowest BCUT2D eigenvalue weighted by Crippen LogP contribution is -2.09. The Labute approximate surface area is 279 Å². The Bertz CT molecular complexity index is 2530. The van der Waals surface area contributed by atoms with Crippen LogP contribution in [0.4, 0.5) is 17.1 Å². The topological polar surface area (TPSA) is 16.4 Å². The van der Waals surface area contributed by atoms with Gasteiger partial charge in [-0.15, -0.1) is 0 Å². The second-order valence-electron chi connectivity index (χ2n) is 12.2. The number of anilines is 3. The fourth-order valence-corrected chi connectivity index (χ4v) is 6.96. The molecule has 1 aromatic heterocycles. The summed E-state index contributed by atoms with van der Waals surface area (Å²) in [6, 6.07) is 66.7. The van der Waals surface area contributed by atoms with E-state index in [0.29, 0.717) is 0 Å². The van der Waals surface area contributed by atoms with E-state index in [1.807, 2.05) is 0 Å². The molecule has 0 radical (unpaired) electrons. The first kappa shape index (κ1) is 27.9. The summed E-state index contributed by atoms with van der Waals surface area (Å²) < 4.78 is 6.50. The van der Waals surface area contributed by atoms with Gasteiger partial charge in [-0.2, -0.15) is 0 Å². The maximum Gasteiger partial charge on any atom is 0.136 e. The van der Waals surface area contributed by atoms with Gasteiger partial charge in [0.2, 0.25) is 0 Å². The van der Waals surface area contributed by atoms with Crippen LogP contribution in [-0.4, -0.2) is 0 Å². The molecule has 0 bridgehead atoms. The van der Waals surface area contributed by atoms with Crippen molar-refractivity contribution in [2.24, 2.45) is 0 Å². The Morgan fingerprint density at radius 3 is 1.60 bits per heavy atom. The molecule has 9 aromatic rings. The van der Waals surface area contributed by atoms with Crippen molar-refractivity contribution in [1.29, 1.82) is 0 Å². The number of benzene rings is 8. The molecule has 0 saturated heterocycles. The Balaban J connectivity index is 1.13. The van der Waals surface area contributed by atoms with Crippen molar-refractivity contribution in [1.82, 2.24) is 0 Å². The number of para-hydroxylation sites is 1. The number of furan rings is 1. The van der Waals surface area contributed by atoms with Gasteiger partial charge in [-0.05, 0) is 98.8 Å². The van der Waals surface area contributed by atoms with Crippen LogP contribution >= 0.6 is 0 Å². The lowest BCUT2D eigenvalue weighted by molar-refractivity contribution is 0.669. The smallest absolute Gasteiger partial charge is 0.136 e. The SMILES string of the molecule is c1ccc(-c2cccc(N(c3ccccc3)c3ccc(-c4ccc5oc6cc(-c7ccccc7)c7ccccc7c6c5c4)cc3)c2)cc1. The molecule has 9 rings (SSSR count). The molecule has 1 heterocycles. The van der Waals surface area contributed by atoms with Crippen molar-refractivity contribution >= 4 is 49.8 Å². The highest BCUT2D eigenvalue weighted by molar-refractivity contribution is 6.22. The molecule has 2 nitrogen and oxygen atoms in total. The number of rotatable bonds is 6. The van der Waals surface area contributed by atoms with Crippen LogP contribution in [0.3, 0.4) is 0 Å². The lowest BCUT2D eigenvalue weighted by atomic mass is 9.94. The van der Waals surface area contributed by atoms with Gasteiger partial charge < -0.3 is 9.32 Å². The molecule has 8 aromatic carbocycles. The van der Waals surface area contributed by atoms with Crippen molar-refractivity contribution in [3.8, 4) is 33.4 Å². The zero-order chi connectivity index (χ0) is 31.9. The van der Waals surface area contributed by atoms with Crippen molar-refractivity contribution in [3.63, 3.8) is 0 Å². The number of hydrogen-bond acceptors (Lipinski definition) is 2. The summed E-state index contributed by atoms with van der Waals surface area (Å²) in [5.41, 5.74) is 12.2. The van der Waals surface area contributed by atoms with E-state index >= 15 is 0 Å². The average Bonchev–Trinajstić information content (AvgIpc) is 3.54. The van der Waals surface area contributed by atoms with E-state index in [9.17, 15) is 0 Å². The molecule has 0 unspecified atom stereocenters. The molecule has 0 aliphatic carbocycles. The molecule has 0 fully saturated rings. The molecular formula is C46H31NO. The molecule has 0 amide bonds. The van der Waals surface area contributed by atoms with E-state index < -0.39 is 0 Å². The first-order valence-corrected chi connectivity index (χ1v) is 16.3. The number of nitrogens with zero attached hydrogens (tertiary/aromatic N) is 1. The van der Waals surface area contributed by atoms with Gasteiger partial charge in [0.15, 0.2) is 0 Å². The molecule has 2 heteroatoms. The average molecular weight is 614 g/mol. The van der Waals surface area contributed by atoms with E-state index in [-0.39, 0.29) is 0 Å². The molecule has 226 valence electrons. The molecule has 0 spiro atoms. The predicted molar refractivity (Wildman–Crippen MR) is 202 cm³/mol. The van der Waals surface area contributed by atoms with Gasteiger partial charge in [-0.25, -0.2) is 0 Å². The fraction of sp³-hybridized carbons (Fsp3) is 0. The molecule has 0 aliphatic rings. The van der Waals surface area contributed by atoms with Crippen LogP contribution in [0, 0.1) is 0 Å². The van der Waals surface area contributed by atoms with Gasteiger partial charge in [-0.3, -0.25) is 0 Å². The summed E-state index contributed by atoms with van der Waals surface area (Å²) in [5.74, 6) is 0. The Kier molecular flexibility index (Phi) is 6.84. The monoisotopic (exact) mass is 613 g/mol. The minimum Gasteiger partial charge on any atom is -0.456 e. The van der Waals surface area contributed by atoms with Gasteiger partial charge in [0, 0.05) is 27.8 Å². The van der Waals surface area contributed by atoms with Crippen LogP contribution in [-0.2, 0) is 0 Å². The number of hydrogen-bond donors (Lipinski definition) is 0. The minimum absolute atomic E-state index is 0.897. The molecule has 0 N–H and O–H groups in total. The highest BCUT2D eigenvalue weighted by Gasteiger charge is 2.17. The summed E-state index contributed by atoms with van der Waals surface area (Å²) in [7, 11) is 0. The first-order chi connectivity index (χ1) is 23.8. The van der Waals surface area contributed by atoms with Crippen molar-refractivity contribution in [3.05, 3.63) is 188 Å². The van der Waals surface area contributed by atoms with Crippen LogP contribution < -0.4 is 4.90 Å². The Morgan fingerprint density at radius 1 is 0.312 bits per heavy atom. The van der Waals surface area contributed by atoms with E-state index in [2.05, 4.69) is 193 Å². The van der Waals surface area contributed by atoms with Gasteiger partial charge in [0.05, 0.1) is 0 Å². The maximum atomic E-state index is 6.50. The zero-order valence-corrected chi connectivity index (χ0v) is 26.3. The molecule has 0 saturated carbocycles. The van der Waals surface area contributed by atoms with E-state index in [1.54, 1.807) is 0 Å². The maximum absolute atomic E-state index is 6.50. The van der Waals surface area contributed by atoms with Crippen LogP contribution in [0.15, 0.2) is 192 Å². The van der Waals surface area contributed by atoms with E-state index in [4.69, 9.17) is 4.42 Å². The summed E-state index contributed by atoms with van der Waals surface area (Å²) in [6.07, 6.45) is 0. The highest BCUT2D eigenvalue weighted by atomic mass is 16.3. The largest absolute Gasteiger partial charge is 0.456 e. The molecule has 0 atom stereocenters. The van der Waals surface area contributed by atoms with Crippen molar-refractivity contribution in [2.75, 3.05) is 4.90 Å². The van der Waals surface area contributed by atoms with E-state index in [1.165, 1.54) is 33.0 Å². The van der Waals surface area contributed by atoms with Crippen LogP contribution in [0.1, 0.15) is 0 Å². The standard InChI is InChI=1S/C46H31NO/c1-4-13-32(14-5-1)35-17-12-20-39(29-35)47(37-18-8-3-9-19-37)38-26-23-33(24-27-38)36-25-28-44-43(30-36)46-41-22-11-10-21-40(41)42(31-45(46)48-44)34-15-6-2-7-16-34/h1-31H. The predicted octanol–water partition coefficient (Wildman–Crippen LogP) is 13.2. The second kappa shape index (κ2) is 11.8. The zero-order valence-electron chi connectivity index (χ0n) is 26.3. The second-order valence-corrected chi connectivity index (χ2v) is 12.2. The van der Waals surface area contributed by atoms with Gasteiger partial charge in [0.1, 0.15) is 11.2 Å². The summed E-state index contributed by atoms with van der Waals surface area (Å²) in [4.78, 5) is 2.32. The summed E-state index contributed by atoms with van der Waals surface area (Å²) >= 11 is 0. The Morgan fingerprint density at radius 2 is 0.854 bits per heavy atom. The fourth-order valence-electron chi connectivity index (χ4n) is 6.96. The van der Waals surface area contributed by atoms with Crippen LogP contribution in [0.2, 0.25) is 0 Å². The minimum atomic E-state index is 0.897. The first-order valence-electron chi connectivity index (χ1n) is 16.3. The number of fused-ring (bicyclic) bond motifs is 5. The van der Waals surface area contributed by atoms with Gasteiger partial charge >= 0.3 is 0 Å².